The van der Waals surface area contributed by atoms with Gasteiger partial charge in [-0.2, -0.15) is 70.5 Å². The van der Waals surface area contributed by atoms with Gasteiger partial charge in [0.2, 0.25) is 35.0 Å². The van der Waals surface area contributed by atoms with E-state index >= 15 is 0 Å². The first-order valence-corrected chi connectivity index (χ1v) is 34.0. The maximum absolute atomic E-state index is 12.6. The van der Waals surface area contributed by atoms with Crippen LogP contribution in [0.3, 0.4) is 0 Å². The first-order chi connectivity index (χ1) is 44.0. The molecule has 11 aromatic rings. The van der Waals surface area contributed by atoms with Gasteiger partial charge in [-0.15, -0.1) is 21.0 Å². The minimum Gasteiger partial charge on any atom is -0.744 e. The Bertz CT molecular complexity index is 5930. The number of rotatable bonds is 18. The van der Waals surface area contributed by atoms with Crippen LogP contribution in [0.25, 0.3) is 43.1 Å². The molecule has 0 saturated carbocycles. The summed E-state index contributed by atoms with van der Waals surface area (Å²) < 4.78 is 222. The number of hydrogen-bond donors (Lipinski definition) is 7. The molecule has 0 unspecified atom stereocenters. The summed E-state index contributed by atoms with van der Waals surface area (Å²) in [4.78, 5) is 18.7. The van der Waals surface area contributed by atoms with Crippen molar-refractivity contribution in [2.75, 3.05) is 27.0 Å². The first-order valence-electron chi connectivity index (χ1n) is 25.2. The minimum atomic E-state index is -5.59. The van der Waals surface area contributed by atoms with Crippen LogP contribution < -0.4 is 263 Å². The summed E-state index contributed by atoms with van der Waals surface area (Å²) in [6, 6.07) is 26.4. The second kappa shape index (κ2) is 36.9. The van der Waals surface area contributed by atoms with Crippen molar-refractivity contribution in [3.05, 3.63) is 139 Å². The molecule has 9 aromatic carbocycles. The van der Waals surface area contributed by atoms with Gasteiger partial charge in [0.1, 0.15) is 83.5 Å². The molecule has 0 saturated heterocycles. The third-order valence-electron chi connectivity index (χ3n) is 13.1. The summed E-state index contributed by atoms with van der Waals surface area (Å²) in [6.45, 7) is 0. The molecule has 0 aliphatic heterocycles. The molecule has 0 aliphatic carbocycles. The molecule has 0 atom stereocenters. The monoisotopic (exact) mass is 1590 g/mol. The number of nitrogens with zero attached hydrogens (tertiary/aromatic N) is 10. The summed E-state index contributed by atoms with van der Waals surface area (Å²) in [5.74, 6) is -3.48. The summed E-state index contributed by atoms with van der Waals surface area (Å²) in [5, 5.41) is 46.1. The molecule has 50 heteroatoms. The Balaban J connectivity index is 0.00000338. The number of nitrogens with one attached hydrogen (secondary N) is 4. The predicted octanol–water partition coefficient (Wildman–Crippen LogP) is -16.8. The molecule has 0 bridgehead atoms. The molecule has 0 spiro atoms. The fourth-order valence-electron chi connectivity index (χ4n) is 9.40. The van der Waals surface area contributed by atoms with E-state index in [0.717, 1.165) is 91.0 Å². The molecule has 8 N–H and O–H groups in total. The first kappa shape index (κ1) is 93.8. The standard InChI is InChI=1S/C52H34ClN15O20S6.8Na/c53-47-59-49(63-51(60-47)58-36-22-27(89(71,72)73)20-24-10-17-33(43(69)41(24)36)65-66-34-18-15-28-30(45(34)93(83,84)85)5-2-8-37(28)90(74,75)76)55-25-11-13-26(14-12-25)56-50-61-48(54)62-52(64-50)57-32-7-1-4-23-21-39(92(80,81)82)42(44(70)40(23)32)68-67-35-19-16-29-31(46(35)94(86,87)88)6-3-9-38(29)91(77,78)79;;;;;;;;/h2-16,18-22,69-70H,(H,71,72,73)(H,74,75,76)(H,77,78,79)(H,80,81,82)(H,83,84,85)(H,86,87,88)(H2,55,58,59,60,63)(H4,54,56,57,61,62,64);;;;;;;;/q-2;8*+1/p-6. The van der Waals surface area contributed by atoms with Crippen LogP contribution in [0.15, 0.2) is 171 Å². The van der Waals surface area contributed by atoms with Crippen LogP contribution in [-0.2, 0) is 60.7 Å². The van der Waals surface area contributed by atoms with Crippen molar-refractivity contribution in [3.63, 3.8) is 0 Å². The second-order valence-corrected chi connectivity index (χ2v) is 27.5. The van der Waals surface area contributed by atoms with E-state index in [-0.39, 0.29) is 293 Å². The number of phenolic OH excluding ortho intramolecular Hbond substituents is 2. The molecular weight excluding hydrogens is 1570 g/mol. The van der Waals surface area contributed by atoms with Crippen LogP contribution >= 0.6 is 11.6 Å². The zero-order chi connectivity index (χ0) is 67.8. The quantitative estimate of drug-likeness (QED) is 0.0181. The van der Waals surface area contributed by atoms with E-state index in [1.54, 1.807) is 0 Å². The number of hydrogen-bond acceptors (Lipinski definition) is 35. The number of nitrogen functional groups attached to an aromatic ring is 1. The number of benzene rings is 9. The summed E-state index contributed by atoms with van der Waals surface area (Å²) >= 11 is 6.28. The molecular formula is C52H28ClN15Na8O20S6. The third kappa shape index (κ3) is 21.3. The number of nitrogens with two attached hydrogens (primary N) is 1. The van der Waals surface area contributed by atoms with Gasteiger partial charge in [-0.25, -0.2) is 50.5 Å². The van der Waals surface area contributed by atoms with Crippen molar-refractivity contribution >= 4 is 191 Å². The number of anilines is 9. The van der Waals surface area contributed by atoms with E-state index in [0.29, 0.717) is 5.69 Å². The SMILES string of the molecule is Nc1nc(Nc2ccc(Nc3nc(Cl)nc(Nc4cc(S(=O)(=O)[O-])cc5c[c-]c(N=Nc6ccc7c(S(=O)(=O)[O-])cccc7c6S(=O)(=O)[O-])c(O)c45)n3)cc2)nc(Nc2c[c-]cc3cc(S(=O)(=O)[O-])c(N=Nc4ccc5c(S(=O)(=O)[O-])cccc5c4S(=O)(=O)[O-])c(O)c23)n1.[Na+].[Na+].[Na+].[Na+].[Na+].[Na+].[Na+].[Na+]. The van der Waals surface area contributed by atoms with Gasteiger partial charge < -0.3 is 64.5 Å². The van der Waals surface area contributed by atoms with Gasteiger partial charge in [0, 0.05) is 54.9 Å². The summed E-state index contributed by atoms with van der Waals surface area (Å²) in [6.07, 6.45) is 0. The zero-order valence-electron chi connectivity index (χ0n) is 53.7. The molecule has 0 amide bonds. The fraction of sp³-hybridized carbons (Fsp3) is 0. The molecule has 35 nitrogen and oxygen atoms in total. The van der Waals surface area contributed by atoms with Crippen molar-refractivity contribution in [1.29, 1.82) is 0 Å². The van der Waals surface area contributed by atoms with Gasteiger partial charge in [-0.3, -0.25) is 0 Å². The van der Waals surface area contributed by atoms with Crippen molar-refractivity contribution in [1.82, 2.24) is 29.9 Å². The van der Waals surface area contributed by atoms with E-state index in [9.17, 15) is 88.0 Å². The topological polar surface area (TPSA) is 585 Å². The summed E-state index contributed by atoms with van der Waals surface area (Å²) in [5.41, 5.74) is 2.99. The van der Waals surface area contributed by atoms with E-state index < -0.39 is 163 Å². The Hall–Kier alpha value is -2.41. The van der Waals surface area contributed by atoms with Crippen LogP contribution in [0.4, 0.5) is 75.2 Å². The molecule has 11 rings (SSSR count). The Labute approximate surface area is 759 Å². The van der Waals surface area contributed by atoms with Gasteiger partial charge >= 0.3 is 236 Å². The maximum Gasteiger partial charge on any atom is 1.00 e. The summed E-state index contributed by atoms with van der Waals surface area (Å²) in [7, 11) is -32.2. The van der Waals surface area contributed by atoms with Crippen LogP contribution in [-0.4, -0.2) is 118 Å². The van der Waals surface area contributed by atoms with Crippen molar-refractivity contribution in [2.24, 2.45) is 20.5 Å². The fourth-order valence-corrected chi connectivity index (χ4v) is 13.7. The van der Waals surface area contributed by atoms with E-state index in [4.69, 9.17) is 17.3 Å². The predicted molar refractivity (Wildman–Crippen MR) is 322 cm³/mol. The molecule has 0 fully saturated rings. The van der Waals surface area contributed by atoms with Crippen LogP contribution in [0.1, 0.15) is 0 Å². The maximum atomic E-state index is 12.6. The molecule has 102 heavy (non-hydrogen) atoms. The molecule has 482 valence electrons. The van der Waals surface area contributed by atoms with Crippen LogP contribution in [0.2, 0.25) is 5.28 Å². The van der Waals surface area contributed by atoms with Crippen molar-refractivity contribution in [3.8, 4) is 11.5 Å². The van der Waals surface area contributed by atoms with Crippen LogP contribution in [0, 0.1) is 12.1 Å². The van der Waals surface area contributed by atoms with E-state index in [1.807, 2.05) is 0 Å². The largest absolute Gasteiger partial charge is 1.00 e. The van der Waals surface area contributed by atoms with Gasteiger partial charge in [0.25, 0.3) is 0 Å². The molecule has 2 heterocycles. The number of fused-ring (bicyclic) bond motifs is 4. The molecule has 0 radical (unpaired) electrons. The normalized spacial score (nSPS) is 11.8. The van der Waals surface area contributed by atoms with Gasteiger partial charge in [-0.05, 0) is 66.2 Å². The third-order valence-corrected chi connectivity index (χ3v) is 18.6. The zero-order valence-corrected chi connectivity index (χ0v) is 75.3. The number of halogens is 1. The number of aromatic hydroxyl groups is 2. The van der Waals surface area contributed by atoms with Gasteiger partial charge in [0.15, 0.2) is 0 Å². The number of aromatic nitrogens is 6. The number of phenols is 2. The smallest absolute Gasteiger partial charge is 0.744 e. The van der Waals surface area contributed by atoms with Crippen molar-refractivity contribution in [2.45, 2.75) is 29.4 Å². The molecule has 0 aliphatic rings. The van der Waals surface area contributed by atoms with Gasteiger partial charge in [0.05, 0.1) is 24.5 Å². The van der Waals surface area contributed by atoms with Crippen molar-refractivity contribution < 1.29 is 324 Å². The van der Waals surface area contributed by atoms with E-state index in [1.165, 1.54) is 30.3 Å². The number of azo groups is 2. The minimum absolute atomic E-state index is 0. The Morgan fingerprint density at radius 3 is 1.32 bits per heavy atom. The van der Waals surface area contributed by atoms with Gasteiger partial charge in [-0.1, -0.05) is 65.0 Å². The average Bonchev–Trinajstić information content (AvgIpc) is 0.767. The Morgan fingerprint density at radius 1 is 0.422 bits per heavy atom. The Morgan fingerprint density at radius 2 is 0.853 bits per heavy atom. The molecule has 2 aromatic heterocycles. The Kier molecular flexibility index (Phi) is 33.9. The van der Waals surface area contributed by atoms with Crippen LogP contribution in [0.5, 0.6) is 11.5 Å². The van der Waals surface area contributed by atoms with E-state index in [2.05, 4.69) is 83.8 Å². The second-order valence-electron chi connectivity index (χ2n) is 19.2. The average molecular weight is 1590 g/mol.